The second kappa shape index (κ2) is 5.16. The Morgan fingerprint density at radius 1 is 1.04 bits per heavy atom. The van der Waals surface area contributed by atoms with Crippen molar-refractivity contribution in [1.29, 1.82) is 0 Å². The maximum atomic E-state index is 12.6. The van der Waals surface area contributed by atoms with Crippen LogP contribution in [0.1, 0.15) is 0 Å². The third kappa shape index (κ3) is 2.20. The Morgan fingerprint density at radius 3 is 2.26 bits per heavy atom. The summed E-state index contributed by atoms with van der Waals surface area (Å²) in [5, 5.41) is 35.0. The molecule has 1 N–H and O–H groups in total. The monoisotopic (exact) mass is 315 g/mol. The minimum atomic E-state index is -0.675. The quantitative estimate of drug-likeness (QED) is 0.410. The summed E-state index contributed by atoms with van der Waals surface area (Å²) in [4.78, 5) is 12.9. The number of amides is 1. The van der Waals surface area contributed by atoms with E-state index in [4.69, 9.17) is 4.74 Å². The zero-order chi connectivity index (χ0) is 16.7. The number of aromatic hydroxyl groups is 1. The van der Waals surface area contributed by atoms with Crippen LogP contribution in [0.3, 0.4) is 0 Å². The van der Waals surface area contributed by atoms with Gasteiger partial charge in [-0.05, 0) is 12.1 Å². The van der Waals surface area contributed by atoms with E-state index in [1.807, 2.05) is 0 Å². The number of aromatic nitrogens is 2. The van der Waals surface area contributed by atoms with Crippen LogP contribution in [0.2, 0.25) is 0 Å². The van der Waals surface area contributed by atoms with Crippen LogP contribution in [0.15, 0.2) is 36.4 Å². The van der Waals surface area contributed by atoms with E-state index in [1.54, 1.807) is 0 Å². The molecular formula is C15H13N3O5. The molecule has 0 spiro atoms. The molecule has 0 aliphatic carbocycles. The van der Waals surface area contributed by atoms with Crippen molar-refractivity contribution in [2.45, 2.75) is 0 Å². The van der Waals surface area contributed by atoms with Crippen molar-refractivity contribution in [1.82, 2.24) is 4.90 Å². The molecule has 2 aromatic carbocycles. The van der Waals surface area contributed by atoms with Crippen LogP contribution in [0.25, 0.3) is 22.1 Å². The highest BCUT2D eigenvalue weighted by molar-refractivity contribution is 5.85. The van der Waals surface area contributed by atoms with Gasteiger partial charge in [-0.3, -0.25) is 0 Å². The Balaban J connectivity index is 2.38. The van der Waals surface area contributed by atoms with E-state index in [9.17, 15) is 20.3 Å². The number of ether oxygens (including phenoxy) is 1. The second-order valence-electron chi connectivity index (χ2n) is 5.12. The molecule has 8 heteroatoms. The summed E-state index contributed by atoms with van der Waals surface area (Å²) < 4.78 is 6.07. The number of phenolic OH excluding ortho intramolecular Hbond substituents is 1. The largest absolute Gasteiger partial charge is 0.617 e. The lowest BCUT2D eigenvalue weighted by molar-refractivity contribution is -0.591. The summed E-state index contributed by atoms with van der Waals surface area (Å²) in [5.41, 5.74) is -0.277. The number of nitrogens with zero attached hydrogens (tertiary/aromatic N) is 3. The molecule has 3 rings (SSSR count). The van der Waals surface area contributed by atoms with Gasteiger partial charge in [0.05, 0.1) is 0 Å². The molecule has 8 nitrogen and oxygen atoms in total. The number of carbonyl (C=O) groups is 1. The van der Waals surface area contributed by atoms with E-state index in [1.165, 1.54) is 55.4 Å². The van der Waals surface area contributed by atoms with Crippen molar-refractivity contribution >= 4 is 28.2 Å². The number of fused-ring (bicyclic) bond motifs is 2. The van der Waals surface area contributed by atoms with Gasteiger partial charge in [-0.2, -0.15) is 9.46 Å². The number of hydrogen-bond acceptors (Lipinski definition) is 5. The molecule has 3 aromatic rings. The second-order valence-corrected chi connectivity index (χ2v) is 5.12. The Kier molecular flexibility index (Phi) is 3.29. The number of hydrogen-bond donors (Lipinski definition) is 1. The maximum Gasteiger partial charge on any atom is 0.414 e. The smallest absolute Gasteiger partial charge is 0.414 e. The zero-order valence-corrected chi connectivity index (χ0v) is 12.4. The third-order valence-corrected chi connectivity index (χ3v) is 3.38. The van der Waals surface area contributed by atoms with E-state index in [-0.39, 0.29) is 33.6 Å². The van der Waals surface area contributed by atoms with Gasteiger partial charge in [0.2, 0.25) is 5.75 Å². The van der Waals surface area contributed by atoms with E-state index in [0.29, 0.717) is 9.46 Å². The number of para-hydroxylation sites is 2. The fraction of sp³-hybridized carbons (Fsp3) is 0.133. The molecule has 0 saturated carbocycles. The van der Waals surface area contributed by atoms with Gasteiger partial charge in [-0.1, -0.05) is 12.1 Å². The first-order chi connectivity index (χ1) is 10.9. The molecule has 0 bridgehead atoms. The van der Waals surface area contributed by atoms with Crippen LogP contribution in [-0.2, 0) is 0 Å². The number of carbonyl (C=O) groups excluding carboxylic acids is 1. The summed E-state index contributed by atoms with van der Waals surface area (Å²) in [6, 6.07) is 8.49. The first-order valence-corrected chi connectivity index (χ1v) is 6.70. The zero-order valence-electron chi connectivity index (χ0n) is 12.4. The van der Waals surface area contributed by atoms with E-state index in [2.05, 4.69) is 0 Å². The van der Waals surface area contributed by atoms with E-state index in [0.717, 1.165) is 0 Å². The first kappa shape index (κ1) is 14.6. The Labute approximate surface area is 130 Å². The molecule has 0 aliphatic heterocycles. The van der Waals surface area contributed by atoms with Gasteiger partial charge in [0, 0.05) is 26.2 Å². The molecule has 0 atom stereocenters. The molecular weight excluding hydrogens is 302 g/mol. The number of benzene rings is 2. The molecule has 118 valence electrons. The van der Waals surface area contributed by atoms with Crippen molar-refractivity contribution in [3.05, 3.63) is 46.8 Å². The summed E-state index contributed by atoms with van der Waals surface area (Å²) in [5.74, 6) is -0.342. The lowest BCUT2D eigenvalue weighted by Gasteiger charge is -2.13. The lowest BCUT2D eigenvalue weighted by Crippen LogP contribution is -2.40. The van der Waals surface area contributed by atoms with Crippen LogP contribution >= 0.6 is 0 Å². The average Bonchev–Trinajstić information content (AvgIpc) is 2.52. The summed E-state index contributed by atoms with van der Waals surface area (Å²) >= 11 is 0. The van der Waals surface area contributed by atoms with E-state index >= 15 is 0 Å². The molecule has 0 fully saturated rings. The number of phenols is 1. The summed E-state index contributed by atoms with van der Waals surface area (Å²) in [7, 11) is 3.00. The van der Waals surface area contributed by atoms with Gasteiger partial charge in [-0.25, -0.2) is 4.79 Å². The molecule has 0 saturated heterocycles. The minimum absolute atomic E-state index is 0.0157. The molecule has 1 amide bonds. The van der Waals surface area contributed by atoms with Crippen molar-refractivity contribution in [3.63, 3.8) is 0 Å². The topological polar surface area (TPSA) is 104 Å². The highest BCUT2D eigenvalue weighted by Crippen LogP contribution is 2.25. The van der Waals surface area contributed by atoms with Gasteiger partial charge >= 0.3 is 17.1 Å². The predicted molar refractivity (Wildman–Crippen MR) is 80.7 cm³/mol. The Morgan fingerprint density at radius 2 is 1.61 bits per heavy atom. The van der Waals surface area contributed by atoms with Crippen LogP contribution in [0, 0.1) is 10.4 Å². The van der Waals surface area contributed by atoms with Crippen molar-refractivity contribution in [3.8, 4) is 11.5 Å². The highest BCUT2D eigenvalue weighted by atomic mass is 16.6. The standard InChI is InChI=1S/C15H13N3O5/c1-16(2)15(20)23-12-8-4-6-10-14(12)18(22)9-5-3-7-11(19)13(9)17(10)21/h3-8,19H,1-2H3. The summed E-state index contributed by atoms with van der Waals surface area (Å²) in [6.45, 7) is 0. The normalized spacial score (nSPS) is 10.9. The average molecular weight is 315 g/mol. The molecule has 1 aromatic heterocycles. The Bertz CT molecular complexity index is 939. The molecule has 23 heavy (non-hydrogen) atoms. The summed E-state index contributed by atoms with van der Waals surface area (Å²) in [6.07, 6.45) is -0.675. The predicted octanol–water partition coefficient (Wildman–Crippen LogP) is 1.03. The van der Waals surface area contributed by atoms with Crippen LogP contribution in [-0.4, -0.2) is 30.2 Å². The van der Waals surface area contributed by atoms with E-state index < -0.39 is 6.09 Å². The maximum absolute atomic E-state index is 12.6. The SMILES string of the molecule is CN(C)C(=O)Oc1cccc2c1[n+]([O-])c1cccc(O)c1[n+]2[O-]. The fourth-order valence-corrected chi connectivity index (χ4v) is 2.28. The molecule has 1 heterocycles. The van der Waals surface area contributed by atoms with Gasteiger partial charge in [0.15, 0.2) is 5.75 Å². The number of rotatable bonds is 1. The molecule has 0 aliphatic rings. The fourth-order valence-electron chi connectivity index (χ4n) is 2.28. The van der Waals surface area contributed by atoms with Gasteiger partial charge < -0.3 is 25.2 Å². The minimum Gasteiger partial charge on any atom is -0.617 e. The van der Waals surface area contributed by atoms with Crippen molar-refractivity contribution < 1.29 is 24.1 Å². The van der Waals surface area contributed by atoms with Gasteiger partial charge in [-0.15, -0.1) is 0 Å². The first-order valence-electron chi connectivity index (χ1n) is 6.70. The van der Waals surface area contributed by atoms with Gasteiger partial charge in [0.25, 0.3) is 11.0 Å². The molecule has 0 radical (unpaired) electrons. The van der Waals surface area contributed by atoms with Gasteiger partial charge in [0.1, 0.15) is 0 Å². The highest BCUT2D eigenvalue weighted by Gasteiger charge is 2.28. The Hall–Kier alpha value is -3.29. The third-order valence-electron chi connectivity index (χ3n) is 3.38. The van der Waals surface area contributed by atoms with Crippen LogP contribution in [0.5, 0.6) is 11.5 Å². The molecule has 0 unspecified atom stereocenters. The van der Waals surface area contributed by atoms with Crippen LogP contribution in [0.4, 0.5) is 4.79 Å². The van der Waals surface area contributed by atoms with Crippen molar-refractivity contribution in [2.75, 3.05) is 14.1 Å². The lowest BCUT2D eigenvalue weighted by atomic mass is 10.2. The van der Waals surface area contributed by atoms with Crippen LogP contribution < -0.4 is 14.2 Å². The van der Waals surface area contributed by atoms with Crippen molar-refractivity contribution in [2.24, 2.45) is 0 Å².